The molecule has 0 aliphatic rings. The van der Waals surface area contributed by atoms with Gasteiger partial charge in [-0.2, -0.15) is 0 Å². The first-order valence-electron chi connectivity index (χ1n) is 8.55. The summed E-state index contributed by atoms with van der Waals surface area (Å²) in [5.41, 5.74) is 3.36. The maximum atomic E-state index is 13.4. The lowest BCUT2D eigenvalue weighted by atomic mass is 10.1. The van der Waals surface area contributed by atoms with Crippen LogP contribution in [0, 0.1) is 13.8 Å². The van der Waals surface area contributed by atoms with Crippen molar-refractivity contribution in [1.29, 1.82) is 0 Å². The number of hydrogen-bond donors (Lipinski definition) is 0. The molecule has 0 unspecified atom stereocenters. The topological polar surface area (TPSA) is 59.5 Å². The average molecular weight is 382 g/mol. The molecular formula is C21H22N2O3S. The maximum Gasteiger partial charge on any atom is 0.264 e. The van der Waals surface area contributed by atoms with Crippen LogP contribution in [0.15, 0.2) is 71.9 Å². The molecule has 6 heteroatoms. The first kappa shape index (κ1) is 18.9. The van der Waals surface area contributed by atoms with Gasteiger partial charge in [-0.15, -0.1) is 0 Å². The van der Waals surface area contributed by atoms with E-state index in [-0.39, 0.29) is 11.4 Å². The molecule has 0 radical (unpaired) electrons. The van der Waals surface area contributed by atoms with Gasteiger partial charge in [0.2, 0.25) is 0 Å². The molecule has 2 aromatic carbocycles. The van der Waals surface area contributed by atoms with Gasteiger partial charge in [-0.1, -0.05) is 12.1 Å². The summed E-state index contributed by atoms with van der Waals surface area (Å²) < 4.78 is 33.4. The monoisotopic (exact) mass is 382 g/mol. The van der Waals surface area contributed by atoms with Crippen molar-refractivity contribution in [1.82, 2.24) is 4.98 Å². The number of anilines is 1. The first-order chi connectivity index (χ1) is 12.9. The quantitative estimate of drug-likeness (QED) is 0.644. The van der Waals surface area contributed by atoms with E-state index in [1.165, 1.54) is 4.31 Å². The van der Waals surface area contributed by atoms with Gasteiger partial charge in [0.25, 0.3) is 10.0 Å². The normalized spacial score (nSPS) is 11.2. The van der Waals surface area contributed by atoms with E-state index >= 15 is 0 Å². The Morgan fingerprint density at radius 1 is 1.00 bits per heavy atom. The van der Waals surface area contributed by atoms with Gasteiger partial charge in [0.1, 0.15) is 5.75 Å². The standard InChI is InChI=1S/C21H22N2O3S/c1-16-6-11-21(13-17(16)2)27(24,25)23(15-18-5-4-12-22-14-18)19-7-9-20(26-3)10-8-19/h4-14H,15H2,1-3H3. The average Bonchev–Trinajstić information content (AvgIpc) is 2.69. The molecule has 140 valence electrons. The second-order valence-corrected chi connectivity index (χ2v) is 8.18. The molecule has 0 aliphatic carbocycles. The molecule has 1 heterocycles. The Morgan fingerprint density at radius 3 is 2.33 bits per heavy atom. The number of nitrogens with zero attached hydrogens (tertiary/aromatic N) is 2. The fourth-order valence-electron chi connectivity index (χ4n) is 2.72. The van der Waals surface area contributed by atoms with Crippen LogP contribution in [0.25, 0.3) is 0 Å². The summed E-state index contributed by atoms with van der Waals surface area (Å²) in [6.07, 6.45) is 3.34. The summed E-state index contributed by atoms with van der Waals surface area (Å²) in [6.45, 7) is 4.06. The van der Waals surface area contributed by atoms with Gasteiger partial charge in [0.15, 0.2) is 0 Å². The van der Waals surface area contributed by atoms with Gasteiger partial charge in [-0.05, 0) is 73.0 Å². The molecule has 1 aromatic heterocycles. The Labute approximate surface area is 160 Å². The van der Waals surface area contributed by atoms with Crippen LogP contribution >= 0.6 is 0 Å². The number of benzene rings is 2. The van der Waals surface area contributed by atoms with Gasteiger partial charge >= 0.3 is 0 Å². The van der Waals surface area contributed by atoms with Crippen molar-refractivity contribution in [2.75, 3.05) is 11.4 Å². The predicted octanol–water partition coefficient (Wildman–Crippen LogP) is 4.10. The highest BCUT2D eigenvalue weighted by molar-refractivity contribution is 7.92. The highest BCUT2D eigenvalue weighted by Crippen LogP contribution is 2.28. The molecular weight excluding hydrogens is 360 g/mol. The zero-order valence-corrected chi connectivity index (χ0v) is 16.4. The van der Waals surface area contributed by atoms with Gasteiger partial charge in [-0.25, -0.2) is 8.42 Å². The molecule has 27 heavy (non-hydrogen) atoms. The highest BCUT2D eigenvalue weighted by atomic mass is 32.2. The molecule has 3 rings (SSSR count). The molecule has 3 aromatic rings. The molecule has 0 N–H and O–H groups in total. The minimum absolute atomic E-state index is 0.190. The highest BCUT2D eigenvalue weighted by Gasteiger charge is 2.25. The van der Waals surface area contributed by atoms with Crippen molar-refractivity contribution in [2.24, 2.45) is 0 Å². The van der Waals surface area contributed by atoms with E-state index in [2.05, 4.69) is 4.98 Å². The summed E-state index contributed by atoms with van der Waals surface area (Å²) in [4.78, 5) is 4.37. The summed E-state index contributed by atoms with van der Waals surface area (Å²) in [6, 6.07) is 15.8. The van der Waals surface area contributed by atoms with Crippen LogP contribution in [0.3, 0.4) is 0 Å². The van der Waals surface area contributed by atoms with Gasteiger partial charge in [0.05, 0.1) is 24.2 Å². The minimum Gasteiger partial charge on any atom is -0.497 e. The van der Waals surface area contributed by atoms with E-state index < -0.39 is 10.0 Å². The number of aromatic nitrogens is 1. The molecule has 0 saturated carbocycles. The molecule has 0 amide bonds. The van der Waals surface area contributed by atoms with Crippen LogP contribution in [-0.4, -0.2) is 20.5 Å². The second-order valence-electron chi connectivity index (χ2n) is 6.32. The van der Waals surface area contributed by atoms with Crippen LogP contribution in [0.5, 0.6) is 5.75 Å². The van der Waals surface area contributed by atoms with E-state index in [1.54, 1.807) is 62.0 Å². The SMILES string of the molecule is COc1ccc(N(Cc2cccnc2)S(=O)(=O)c2ccc(C)c(C)c2)cc1. The zero-order valence-electron chi connectivity index (χ0n) is 15.6. The lowest BCUT2D eigenvalue weighted by Crippen LogP contribution is -2.30. The van der Waals surface area contributed by atoms with Gasteiger partial charge < -0.3 is 4.74 Å². The van der Waals surface area contributed by atoms with E-state index in [4.69, 9.17) is 4.74 Å². The smallest absolute Gasteiger partial charge is 0.264 e. The molecule has 0 spiro atoms. The third kappa shape index (κ3) is 4.11. The van der Waals surface area contributed by atoms with E-state index in [9.17, 15) is 8.42 Å². The largest absolute Gasteiger partial charge is 0.497 e. The Kier molecular flexibility index (Phi) is 5.46. The van der Waals surface area contributed by atoms with Crippen molar-refractivity contribution in [3.63, 3.8) is 0 Å². The number of rotatable bonds is 6. The number of sulfonamides is 1. The van der Waals surface area contributed by atoms with Crippen LogP contribution in [0.1, 0.15) is 16.7 Å². The van der Waals surface area contributed by atoms with Crippen LogP contribution in [0.2, 0.25) is 0 Å². The molecule has 0 aliphatic heterocycles. The Morgan fingerprint density at radius 2 is 1.74 bits per heavy atom. The molecule has 0 fully saturated rings. The summed E-state index contributed by atoms with van der Waals surface area (Å²) in [5.74, 6) is 0.670. The number of methoxy groups -OCH3 is 1. The Balaban J connectivity index is 2.08. The predicted molar refractivity (Wildman–Crippen MR) is 107 cm³/mol. The third-order valence-corrected chi connectivity index (χ3v) is 6.25. The lowest BCUT2D eigenvalue weighted by Gasteiger charge is -2.25. The second kappa shape index (κ2) is 7.80. The molecule has 0 bridgehead atoms. The lowest BCUT2D eigenvalue weighted by molar-refractivity contribution is 0.415. The van der Waals surface area contributed by atoms with Crippen molar-refractivity contribution < 1.29 is 13.2 Å². The Hall–Kier alpha value is -2.86. The maximum absolute atomic E-state index is 13.4. The number of ether oxygens (including phenoxy) is 1. The van der Waals surface area contributed by atoms with Crippen molar-refractivity contribution in [2.45, 2.75) is 25.3 Å². The van der Waals surface area contributed by atoms with Crippen LogP contribution in [-0.2, 0) is 16.6 Å². The van der Waals surface area contributed by atoms with E-state index in [1.807, 2.05) is 26.0 Å². The molecule has 5 nitrogen and oxygen atoms in total. The van der Waals surface area contributed by atoms with E-state index in [0.717, 1.165) is 16.7 Å². The molecule has 0 atom stereocenters. The third-order valence-electron chi connectivity index (χ3n) is 4.48. The number of hydrogen-bond acceptors (Lipinski definition) is 4. The summed E-state index contributed by atoms with van der Waals surface area (Å²) in [5, 5.41) is 0. The molecule has 0 saturated heterocycles. The minimum atomic E-state index is -3.75. The summed E-state index contributed by atoms with van der Waals surface area (Å²) in [7, 11) is -2.17. The van der Waals surface area contributed by atoms with Gasteiger partial charge in [0, 0.05) is 12.4 Å². The van der Waals surface area contributed by atoms with E-state index in [0.29, 0.717) is 11.4 Å². The van der Waals surface area contributed by atoms with Crippen molar-refractivity contribution in [3.8, 4) is 5.75 Å². The van der Waals surface area contributed by atoms with Crippen molar-refractivity contribution >= 4 is 15.7 Å². The fourth-order valence-corrected chi connectivity index (χ4v) is 4.26. The zero-order chi connectivity index (χ0) is 19.4. The summed E-state index contributed by atoms with van der Waals surface area (Å²) >= 11 is 0. The first-order valence-corrected chi connectivity index (χ1v) is 9.99. The fraction of sp³-hybridized carbons (Fsp3) is 0.190. The van der Waals surface area contributed by atoms with Gasteiger partial charge in [-0.3, -0.25) is 9.29 Å². The number of aryl methyl sites for hydroxylation is 2. The number of pyridine rings is 1. The van der Waals surface area contributed by atoms with Crippen LogP contribution < -0.4 is 9.04 Å². The van der Waals surface area contributed by atoms with Crippen LogP contribution in [0.4, 0.5) is 5.69 Å². The van der Waals surface area contributed by atoms with Crippen molar-refractivity contribution in [3.05, 3.63) is 83.7 Å². The Bertz CT molecular complexity index is 1020.